The van der Waals surface area contributed by atoms with Gasteiger partial charge in [0.15, 0.2) is 11.6 Å². The fraction of sp³-hybridized carbons (Fsp3) is 0.524. The summed E-state index contributed by atoms with van der Waals surface area (Å²) in [7, 11) is 0. The molecule has 6 atom stereocenters. The molecule has 5 rings (SSSR count). The van der Waals surface area contributed by atoms with Gasteiger partial charge in [0, 0.05) is 17.0 Å². The highest BCUT2D eigenvalue weighted by Crippen LogP contribution is 2.51. The molecule has 5 nitrogen and oxygen atoms in total. The number of rotatable bonds is 1. The number of hydrogen-bond acceptors (Lipinski definition) is 5. The molecule has 0 aliphatic carbocycles. The van der Waals surface area contributed by atoms with Gasteiger partial charge in [0.1, 0.15) is 0 Å². The molecule has 4 aliphatic heterocycles. The van der Waals surface area contributed by atoms with E-state index in [9.17, 15) is 9.59 Å². The van der Waals surface area contributed by atoms with Crippen LogP contribution >= 0.6 is 0 Å². The first-order valence-corrected chi connectivity index (χ1v) is 9.28. The number of hydrogen-bond donors (Lipinski definition) is 0. The number of ether oxygens (including phenoxy) is 2. The number of nitrogens with zero attached hydrogens (tertiary/aromatic N) is 1. The molecule has 1 aromatic carbocycles. The molecular weight excluding hydrogens is 330 g/mol. The predicted octanol–water partition coefficient (Wildman–Crippen LogP) is 2.44. The van der Waals surface area contributed by atoms with Crippen LogP contribution in [0.25, 0.3) is 6.08 Å². The van der Waals surface area contributed by atoms with Gasteiger partial charge in [-0.3, -0.25) is 9.59 Å². The third-order valence-electron chi connectivity index (χ3n) is 6.16. The molecule has 3 fully saturated rings. The highest BCUT2D eigenvalue weighted by Gasteiger charge is 2.64. The molecule has 0 aromatic heterocycles. The lowest BCUT2D eigenvalue weighted by Gasteiger charge is -2.38. The Bertz CT molecular complexity index is 824. The molecule has 26 heavy (non-hydrogen) atoms. The van der Waals surface area contributed by atoms with E-state index in [1.807, 2.05) is 39.0 Å². The third kappa shape index (κ3) is 2.04. The van der Waals surface area contributed by atoms with Gasteiger partial charge >= 0.3 is 0 Å². The maximum absolute atomic E-state index is 13.5. The Hall–Kier alpha value is -1.98. The van der Waals surface area contributed by atoms with Gasteiger partial charge in [-0.2, -0.15) is 0 Å². The molecule has 0 saturated carbocycles. The Balaban J connectivity index is 1.69. The first-order chi connectivity index (χ1) is 12.4. The lowest BCUT2D eigenvalue weighted by Crippen LogP contribution is -2.51. The molecule has 3 saturated heterocycles. The van der Waals surface area contributed by atoms with Crippen LogP contribution in [-0.2, 0) is 19.1 Å². The van der Waals surface area contributed by atoms with E-state index in [4.69, 9.17) is 9.47 Å². The average molecular weight is 353 g/mol. The first kappa shape index (κ1) is 16.2. The fourth-order valence-electron chi connectivity index (χ4n) is 5.02. The van der Waals surface area contributed by atoms with Crippen LogP contribution in [0.3, 0.4) is 0 Å². The molecule has 0 spiro atoms. The van der Waals surface area contributed by atoms with Gasteiger partial charge in [0.25, 0.3) is 0 Å². The van der Waals surface area contributed by atoms with Crippen molar-refractivity contribution in [3.63, 3.8) is 0 Å². The molecule has 4 heterocycles. The predicted molar refractivity (Wildman–Crippen MR) is 96.6 cm³/mol. The highest BCUT2D eigenvalue weighted by molar-refractivity contribution is 5.98. The Kier molecular flexibility index (Phi) is 3.29. The lowest BCUT2D eigenvalue weighted by atomic mass is 9.74. The SMILES string of the molecule is CC(C)(C)C(=O)[C@H]1[C@H]2[C@H](C(=O)[C@H]3OC[C@H]2O3)[C@@H]2C=Cc3ccccc3N21. The summed E-state index contributed by atoms with van der Waals surface area (Å²) >= 11 is 0. The topological polar surface area (TPSA) is 55.8 Å². The summed E-state index contributed by atoms with van der Waals surface area (Å²) in [6, 6.07) is 7.59. The smallest absolute Gasteiger partial charge is 0.218 e. The minimum absolute atomic E-state index is 0.0213. The Morgan fingerprint density at radius 1 is 1.23 bits per heavy atom. The molecule has 2 bridgehead atoms. The molecule has 5 heteroatoms. The van der Waals surface area contributed by atoms with Gasteiger partial charge < -0.3 is 14.4 Å². The average Bonchev–Trinajstić information content (AvgIpc) is 3.19. The monoisotopic (exact) mass is 353 g/mol. The largest absolute Gasteiger partial charge is 0.353 e. The summed E-state index contributed by atoms with van der Waals surface area (Å²) in [6.45, 7) is 6.23. The zero-order valence-electron chi connectivity index (χ0n) is 15.2. The quantitative estimate of drug-likeness (QED) is 0.776. The zero-order valence-corrected chi connectivity index (χ0v) is 15.2. The molecule has 0 unspecified atom stereocenters. The minimum Gasteiger partial charge on any atom is -0.353 e. The molecule has 0 amide bonds. The number of anilines is 1. The number of ketones is 2. The van der Waals surface area contributed by atoms with Crippen LogP contribution in [0.1, 0.15) is 26.3 Å². The maximum Gasteiger partial charge on any atom is 0.218 e. The molecular formula is C21H23NO4. The summed E-state index contributed by atoms with van der Waals surface area (Å²) in [5, 5.41) is 0. The van der Waals surface area contributed by atoms with Crippen LogP contribution in [-0.4, -0.2) is 42.7 Å². The van der Waals surface area contributed by atoms with E-state index < -0.39 is 11.7 Å². The highest BCUT2D eigenvalue weighted by atomic mass is 16.7. The second-order valence-electron chi connectivity index (χ2n) is 8.72. The second kappa shape index (κ2) is 5.27. The minimum atomic E-state index is -0.767. The van der Waals surface area contributed by atoms with Crippen molar-refractivity contribution in [1.29, 1.82) is 0 Å². The summed E-state index contributed by atoms with van der Waals surface area (Å²) in [6.07, 6.45) is 3.18. The van der Waals surface area contributed by atoms with Crippen LogP contribution in [0.15, 0.2) is 30.3 Å². The van der Waals surface area contributed by atoms with Gasteiger partial charge in [-0.25, -0.2) is 0 Å². The van der Waals surface area contributed by atoms with Crippen LogP contribution in [0.2, 0.25) is 0 Å². The molecule has 4 aliphatic rings. The Morgan fingerprint density at radius 3 is 2.77 bits per heavy atom. The van der Waals surface area contributed by atoms with Crippen molar-refractivity contribution in [1.82, 2.24) is 0 Å². The van der Waals surface area contributed by atoms with Crippen molar-refractivity contribution in [2.24, 2.45) is 17.3 Å². The standard InChI is InChI=1S/C21H23NO4/c1-21(2,3)19(24)17-16-14-10-25-20(26-14)18(23)15(16)13-9-8-11-6-4-5-7-12(11)22(13)17/h4-9,13-17,20H,10H2,1-3H3/t13-,14+,15+,16+,17+,20-/m0/s1. The molecule has 136 valence electrons. The summed E-state index contributed by atoms with van der Waals surface area (Å²) in [5.41, 5.74) is 1.62. The number of carbonyl (C=O) groups is 2. The van der Waals surface area contributed by atoms with Crippen molar-refractivity contribution in [2.45, 2.75) is 45.2 Å². The first-order valence-electron chi connectivity index (χ1n) is 9.28. The molecule has 0 radical (unpaired) electrons. The van der Waals surface area contributed by atoms with Crippen LogP contribution < -0.4 is 4.90 Å². The van der Waals surface area contributed by atoms with E-state index in [0.717, 1.165) is 11.3 Å². The normalized spacial score (nSPS) is 37.3. The van der Waals surface area contributed by atoms with Gasteiger partial charge in [-0.1, -0.05) is 51.1 Å². The number of Topliss-reactive ketones (excluding diaryl/α,β-unsaturated/α-hetero) is 2. The number of fused-ring (bicyclic) bond motifs is 8. The fourth-order valence-corrected chi connectivity index (χ4v) is 5.02. The summed E-state index contributed by atoms with van der Waals surface area (Å²) in [5.74, 6) is -0.301. The van der Waals surface area contributed by atoms with E-state index in [1.165, 1.54) is 0 Å². The lowest BCUT2D eigenvalue weighted by molar-refractivity contribution is -0.164. The van der Waals surface area contributed by atoms with Crippen molar-refractivity contribution in [3.05, 3.63) is 35.9 Å². The van der Waals surface area contributed by atoms with Crippen molar-refractivity contribution in [2.75, 3.05) is 11.5 Å². The van der Waals surface area contributed by atoms with Crippen molar-refractivity contribution in [3.8, 4) is 0 Å². The van der Waals surface area contributed by atoms with E-state index >= 15 is 0 Å². The van der Waals surface area contributed by atoms with Gasteiger partial charge in [-0.05, 0) is 11.6 Å². The van der Waals surface area contributed by atoms with E-state index in [2.05, 4.69) is 23.1 Å². The van der Waals surface area contributed by atoms with Crippen LogP contribution in [0, 0.1) is 17.3 Å². The van der Waals surface area contributed by atoms with Gasteiger partial charge in [0.2, 0.25) is 6.29 Å². The number of benzene rings is 1. The van der Waals surface area contributed by atoms with Gasteiger partial charge in [0.05, 0.1) is 30.7 Å². The van der Waals surface area contributed by atoms with E-state index in [1.54, 1.807) is 0 Å². The van der Waals surface area contributed by atoms with Crippen LogP contribution in [0.4, 0.5) is 5.69 Å². The van der Waals surface area contributed by atoms with Gasteiger partial charge in [-0.15, -0.1) is 0 Å². The van der Waals surface area contributed by atoms with E-state index in [0.29, 0.717) is 6.61 Å². The zero-order chi connectivity index (χ0) is 18.2. The second-order valence-corrected chi connectivity index (χ2v) is 8.72. The Morgan fingerprint density at radius 2 is 2.00 bits per heavy atom. The number of carbonyl (C=O) groups excluding carboxylic acids is 2. The van der Waals surface area contributed by atoms with E-state index in [-0.39, 0.29) is 41.6 Å². The summed E-state index contributed by atoms with van der Waals surface area (Å²) in [4.78, 5) is 28.7. The van der Waals surface area contributed by atoms with Crippen molar-refractivity contribution < 1.29 is 19.1 Å². The Labute approximate surface area is 153 Å². The third-order valence-corrected chi connectivity index (χ3v) is 6.16. The van der Waals surface area contributed by atoms with Crippen LogP contribution in [0.5, 0.6) is 0 Å². The molecule has 0 N–H and O–H groups in total. The van der Waals surface area contributed by atoms with Crippen molar-refractivity contribution >= 4 is 23.3 Å². The number of para-hydroxylation sites is 1. The molecule has 1 aromatic rings. The maximum atomic E-state index is 13.5. The summed E-state index contributed by atoms with van der Waals surface area (Å²) < 4.78 is 11.4.